The number of carboxylic acids is 1. The Labute approximate surface area is 124 Å². The van der Waals surface area contributed by atoms with Crippen molar-refractivity contribution in [3.63, 3.8) is 0 Å². The van der Waals surface area contributed by atoms with Crippen molar-refractivity contribution in [2.45, 2.75) is 45.7 Å². The smallest absolute Gasteiger partial charge is 0.406 e. The molecular formula is C12H23N2O6P. The van der Waals surface area contributed by atoms with E-state index >= 15 is 0 Å². The molecular weight excluding hydrogens is 299 g/mol. The highest BCUT2D eigenvalue weighted by molar-refractivity contribution is 7.51. The average molecular weight is 322 g/mol. The van der Waals surface area contributed by atoms with E-state index in [-0.39, 0.29) is 13.2 Å². The minimum atomic E-state index is -3.56. The molecule has 2 atom stereocenters. The number of hydrogen-bond donors (Lipinski definition) is 2. The second-order valence-electron chi connectivity index (χ2n) is 4.71. The average Bonchev–Trinajstić information content (AvgIpc) is 2.87. The van der Waals surface area contributed by atoms with Crippen LogP contribution in [-0.2, 0) is 23.2 Å². The van der Waals surface area contributed by atoms with E-state index in [0.717, 1.165) is 0 Å². The van der Waals surface area contributed by atoms with Gasteiger partial charge in [0.1, 0.15) is 6.04 Å². The lowest BCUT2D eigenvalue weighted by Crippen LogP contribution is -2.48. The van der Waals surface area contributed by atoms with Crippen LogP contribution >= 0.6 is 7.75 Å². The molecule has 0 aromatic rings. The summed E-state index contributed by atoms with van der Waals surface area (Å²) in [6, 6.07) is -1.67. The van der Waals surface area contributed by atoms with Gasteiger partial charge in [-0.05, 0) is 33.6 Å². The third-order valence-electron chi connectivity index (χ3n) is 3.14. The van der Waals surface area contributed by atoms with E-state index in [1.54, 1.807) is 13.8 Å². The fourth-order valence-corrected chi connectivity index (χ4v) is 3.77. The molecule has 1 aliphatic rings. The summed E-state index contributed by atoms with van der Waals surface area (Å²) >= 11 is 0. The molecule has 21 heavy (non-hydrogen) atoms. The van der Waals surface area contributed by atoms with Crippen molar-refractivity contribution in [3.05, 3.63) is 0 Å². The van der Waals surface area contributed by atoms with Crippen molar-refractivity contribution in [2.75, 3.05) is 19.8 Å². The Balaban J connectivity index is 2.73. The maximum atomic E-state index is 12.3. The number of carbonyl (C=O) groups excluding carboxylic acids is 1. The Hall–Kier alpha value is -0.950. The highest BCUT2D eigenvalue weighted by atomic mass is 31.2. The normalized spacial score (nSPS) is 20.5. The monoisotopic (exact) mass is 322 g/mol. The lowest BCUT2D eigenvalue weighted by molar-refractivity contribution is -0.148. The number of nitrogens with zero attached hydrogens (tertiary/aromatic N) is 1. The van der Waals surface area contributed by atoms with E-state index < -0.39 is 31.7 Å². The van der Waals surface area contributed by atoms with Crippen LogP contribution in [0.15, 0.2) is 0 Å². The van der Waals surface area contributed by atoms with Gasteiger partial charge < -0.3 is 10.0 Å². The molecule has 9 heteroatoms. The second kappa shape index (κ2) is 7.89. The van der Waals surface area contributed by atoms with Crippen molar-refractivity contribution in [2.24, 2.45) is 0 Å². The first kappa shape index (κ1) is 18.1. The first-order valence-corrected chi connectivity index (χ1v) is 8.59. The quantitative estimate of drug-likeness (QED) is 0.647. The molecule has 8 nitrogen and oxygen atoms in total. The van der Waals surface area contributed by atoms with Crippen molar-refractivity contribution < 1.29 is 28.3 Å². The van der Waals surface area contributed by atoms with Crippen LogP contribution in [0.25, 0.3) is 0 Å². The molecule has 1 fully saturated rings. The molecule has 122 valence electrons. The van der Waals surface area contributed by atoms with E-state index in [2.05, 4.69) is 5.09 Å². The van der Waals surface area contributed by atoms with Gasteiger partial charge in [0.2, 0.25) is 5.91 Å². The van der Waals surface area contributed by atoms with Crippen molar-refractivity contribution >= 4 is 19.6 Å². The molecule has 1 rings (SSSR count). The zero-order chi connectivity index (χ0) is 16.0. The van der Waals surface area contributed by atoms with Crippen LogP contribution in [0.5, 0.6) is 0 Å². The third kappa shape index (κ3) is 4.78. The Bertz CT molecular complexity index is 420. The molecule has 0 saturated carbocycles. The predicted octanol–water partition coefficient (Wildman–Crippen LogP) is 1.22. The number of carboxylic acid groups (broad SMARTS) is 1. The fraction of sp³-hybridized carbons (Fsp3) is 0.833. The Morgan fingerprint density at radius 2 is 1.95 bits per heavy atom. The Morgan fingerprint density at radius 3 is 2.43 bits per heavy atom. The van der Waals surface area contributed by atoms with Crippen molar-refractivity contribution in [3.8, 4) is 0 Å². The summed E-state index contributed by atoms with van der Waals surface area (Å²) in [4.78, 5) is 24.7. The second-order valence-corrected chi connectivity index (χ2v) is 6.48. The molecule has 2 N–H and O–H groups in total. The molecule has 0 bridgehead atoms. The molecule has 1 saturated heterocycles. The molecule has 0 aliphatic carbocycles. The topological polar surface area (TPSA) is 105 Å². The predicted molar refractivity (Wildman–Crippen MR) is 75.8 cm³/mol. The first-order chi connectivity index (χ1) is 9.84. The van der Waals surface area contributed by atoms with Gasteiger partial charge in [0, 0.05) is 6.54 Å². The maximum absolute atomic E-state index is 12.3. The number of rotatable bonds is 8. The molecule has 0 spiro atoms. The summed E-state index contributed by atoms with van der Waals surface area (Å²) in [6.07, 6.45) is 1.08. The van der Waals surface area contributed by atoms with Crippen LogP contribution in [-0.4, -0.2) is 53.7 Å². The number of hydrogen-bond acceptors (Lipinski definition) is 5. The van der Waals surface area contributed by atoms with Gasteiger partial charge in [0.25, 0.3) is 0 Å². The van der Waals surface area contributed by atoms with Crippen molar-refractivity contribution in [1.29, 1.82) is 0 Å². The number of likely N-dealkylation sites (tertiary alicyclic amines) is 1. The molecule has 0 aromatic heterocycles. The number of nitrogens with one attached hydrogen (secondary N) is 1. The van der Waals surface area contributed by atoms with Crippen LogP contribution in [0.3, 0.4) is 0 Å². The standard InChI is InChI=1S/C12H23N2O6P/c1-4-19-21(18,20-5-2)13-9(3)11(15)14-8-6-7-10(14)12(16)17/h9-10H,4-8H2,1-3H3,(H,13,18)(H,16,17). The van der Waals surface area contributed by atoms with Gasteiger partial charge >= 0.3 is 13.7 Å². The maximum Gasteiger partial charge on any atom is 0.406 e. The first-order valence-electron chi connectivity index (χ1n) is 7.04. The van der Waals surface area contributed by atoms with Gasteiger partial charge in [-0.2, -0.15) is 0 Å². The lowest BCUT2D eigenvalue weighted by atomic mass is 10.2. The summed E-state index contributed by atoms with van der Waals surface area (Å²) in [5.74, 6) is -1.44. The van der Waals surface area contributed by atoms with Crippen LogP contribution in [0.1, 0.15) is 33.6 Å². The summed E-state index contributed by atoms with van der Waals surface area (Å²) in [5.41, 5.74) is 0. The van der Waals surface area contributed by atoms with E-state index in [0.29, 0.717) is 19.4 Å². The number of carbonyl (C=O) groups is 2. The SMILES string of the molecule is CCOP(=O)(NC(C)C(=O)N1CCCC1C(=O)O)OCC. The minimum Gasteiger partial charge on any atom is -0.480 e. The Kier molecular flexibility index (Phi) is 6.80. The minimum absolute atomic E-state index is 0.173. The third-order valence-corrected chi connectivity index (χ3v) is 5.04. The largest absolute Gasteiger partial charge is 0.480 e. The number of amides is 1. The van der Waals surface area contributed by atoms with Crippen LogP contribution in [0, 0.1) is 0 Å². The van der Waals surface area contributed by atoms with E-state index in [1.807, 2.05) is 0 Å². The number of aliphatic carboxylic acids is 1. The van der Waals surface area contributed by atoms with E-state index in [9.17, 15) is 14.2 Å². The van der Waals surface area contributed by atoms with Gasteiger partial charge in [-0.3, -0.25) is 13.8 Å². The van der Waals surface area contributed by atoms with Gasteiger partial charge in [0.15, 0.2) is 0 Å². The lowest BCUT2D eigenvalue weighted by Gasteiger charge is -2.27. The molecule has 1 aliphatic heterocycles. The molecule has 1 amide bonds. The molecule has 0 radical (unpaired) electrons. The van der Waals surface area contributed by atoms with E-state index in [1.165, 1.54) is 11.8 Å². The van der Waals surface area contributed by atoms with Gasteiger partial charge in [-0.25, -0.2) is 14.4 Å². The molecule has 0 aromatic carbocycles. The molecule has 2 unspecified atom stereocenters. The zero-order valence-corrected chi connectivity index (χ0v) is 13.5. The van der Waals surface area contributed by atoms with Gasteiger partial charge in [0.05, 0.1) is 19.3 Å². The fourth-order valence-electron chi connectivity index (χ4n) is 2.28. The van der Waals surface area contributed by atoms with Gasteiger partial charge in [-0.15, -0.1) is 0 Å². The van der Waals surface area contributed by atoms with Gasteiger partial charge in [-0.1, -0.05) is 0 Å². The Morgan fingerprint density at radius 1 is 1.38 bits per heavy atom. The summed E-state index contributed by atoms with van der Waals surface area (Å²) in [6.45, 7) is 5.58. The van der Waals surface area contributed by atoms with Crippen LogP contribution < -0.4 is 5.09 Å². The molecule has 1 heterocycles. The summed E-state index contributed by atoms with van der Waals surface area (Å²) in [5, 5.41) is 11.7. The summed E-state index contributed by atoms with van der Waals surface area (Å²) < 4.78 is 22.4. The summed E-state index contributed by atoms with van der Waals surface area (Å²) in [7, 11) is -3.56. The highest BCUT2D eigenvalue weighted by Gasteiger charge is 2.38. The van der Waals surface area contributed by atoms with Crippen molar-refractivity contribution in [1.82, 2.24) is 9.99 Å². The zero-order valence-electron chi connectivity index (χ0n) is 12.6. The van der Waals surface area contributed by atoms with E-state index in [4.69, 9.17) is 14.2 Å². The highest BCUT2D eigenvalue weighted by Crippen LogP contribution is 2.44. The van der Waals surface area contributed by atoms with Crippen LogP contribution in [0.2, 0.25) is 0 Å². The van der Waals surface area contributed by atoms with Crippen LogP contribution in [0.4, 0.5) is 0 Å².